The number of carbonyl (C=O) groups excluding carboxylic acids is 1. The molecule has 2 N–H and O–H groups in total. The van der Waals surface area contributed by atoms with Crippen molar-refractivity contribution in [1.29, 1.82) is 0 Å². The van der Waals surface area contributed by atoms with Gasteiger partial charge >= 0.3 is 12.0 Å². The maximum absolute atomic E-state index is 12.1. The molecule has 1 aromatic carbocycles. The van der Waals surface area contributed by atoms with Crippen LogP contribution in [0.15, 0.2) is 30.3 Å². The Hall–Kier alpha value is -2.04. The molecule has 0 saturated heterocycles. The summed E-state index contributed by atoms with van der Waals surface area (Å²) < 4.78 is 0. The lowest BCUT2D eigenvalue weighted by molar-refractivity contribution is -0.141. The minimum Gasteiger partial charge on any atom is -0.481 e. The van der Waals surface area contributed by atoms with Crippen LogP contribution in [0.25, 0.3) is 0 Å². The van der Waals surface area contributed by atoms with E-state index < -0.39 is 17.9 Å². The third-order valence-electron chi connectivity index (χ3n) is 3.38. The predicted octanol–water partition coefficient (Wildman–Crippen LogP) is 2.33. The summed E-state index contributed by atoms with van der Waals surface area (Å²) in [7, 11) is 0. The molecule has 2 atom stereocenters. The second kappa shape index (κ2) is 7.53. The zero-order valence-corrected chi connectivity index (χ0v) is 12.2. The fourth-order valence-electron chi connectivity index (χ4n) is 1.76. The van der Waals surface area contributed by atoms with Crippen LogP contribution in [0.1, 0.15) is 26.3 Å². The van der Waals surface area contributed by atoms with Crippen LogP contribution in [0.4, 0.5) is 4.79 Å². The first-order chi connectivity index (χ1) is 9.45. The molecule has 0 spiro atoms. The number of urea groups is 1. The Labute approximate surface area is 119 Å². The monoisotopic (exact) mass is 278 g/mol. The summed E-state index contributed by atoms with van der Waals surface area (Å²) in [4.78, 5) is 24.7. The van der Waals surface area contributed by atoms with Gasteiger partial charge in [0.15, 0.2) is 0 Å². The summed E-state index contributed by atoms with van der Waals surface area (Å²) in [5.74, 6) is -1.53. The van der Waals surface area contributed by atoms with Gasteiger partial charge in [-0.05, 0) is 26.3 Å². The van der Waals surface area contributed by atoms with E-state index in [1.54, 1.807) is 18.7 Å². The maximum Gasteiger partial charge on any atom is 0.317 e. The summed E-state index contributed by atoms with van der Waals surface area (Å²) in [5.41, 5.74) is 1.04. The zero-order valence-electron chi connectivity index (χ0n) is 12.2. The number of carbonyl (C=O) groups is 2. The Bertz CT molecular complexity index is 448. The molecule has 0 saturated carbocycles. The first kappa shape index (κ1) is 16.0. The Balaban J connectivity index is 2.61. The smallest absolute Gasteiger partial charge is 0.317 e. The van der Waals surface area contributed by atoms with Crippen LogP contribution >= 0.6 is 0 Å². The molecule has 2 unspecified atom stereocenters. The van der Waals surface area contributed by atoms with Crippen LogP contribution < -0.4 is 5.32 Å². The average molecular weight is 278 g/mol. The average Bonchev–Trinajstić information content (AvgIpc) is 2.44. The van der Waals surface area contributed by atoms with Crippen molar-refractivity contribution >= 4 is 12.0 Å². The molecule has 1 aromatic rings. The lowest BCUT2D eigenvalue weighted by Crippen LogP contribution is -2.46. The number of aliphatic carboxylic acids is 1. The van der Waals surface area contributed by atoms with Crippen molar-refractivity contribution < 1.29 is 14.7 Å². The molecular formula is C15H22N2O3. The van der Waals surface area contributed by atoms with E-state index in [1.165, 1.54) is 0 Å². The molecule has 2 amide bonds. The molecule has 0 radical (unpaired) electrons. The molecule has 1 rings (SSSR count). The molecule has 110 valence electrons. The molecule has 0 fully saturated rings. The van der Waals surface area contributed by atoms with E-state index in [4.69, 9.17) is 5.11 Å². The van der Waals surface area contributed by atoms with E-state index >= 15 is 0 Å². The largest absolute Gasteiger partial charge is 0.481 e. The van der Waals surface area contributed by atoms with Gasteiger partial charge < -0.3 is 15.3 Å². The van der Waals surface area contributed by atoms with Gasteiger partial charge in [-0.3, -0.25) is 4.79 Å². The van der Waals surface area contributed by atoms with Gasteiger partial charge in [-0.25, -0.2) is 4.79 Å². The summed E-state index contributed by atoms with van der Waals surface area (Å²) in [6.07, 6.45) is 0. The third kappa shape index (κ3) is 4.57. The molecule has 5 heteroatoms. The standard InChI is InChI=1S/C15H22N2O3/c1-4-17(10-13-8-6-5-7-9-13)15(20)16-12(3)11(2)14(18)19/h5-9,11-12H,4,10H2,1-3H3,(H,16,20)(H,18,19). The predicted molar refractivity (Wildman–Crippen MR) is 77.3 cm³/mol. The van der Waals surface area contributed by atoms with Gasteiger partial charge in [-0.15, -0.1) is 0 Å². The zero-order chi connectivity index (χ0) is 15.1. The normalized spacial score (nSPS) is 13.3. The van der Waals surface area contributed by atoms with E-state index in [2.05, 4.69) is 5.32 Å². The summed E-state index contributed by atoms with van der Waals surface area (Å²) in [5, 5.41) is 11.7. The summed E-state index contributed by atoms with van der Waals surface area (Å²) >= 11 is 0. The van der Waals surface area contributed by atoms with Gasteiger partial charge in [0.2, 0.25) is 0 Å². The van der Waals surface area contributed by atoms with Crippen LogP contribution in [-0.4, -0.2) is 34.6 Å². The van der Waals surface area contributed by atoms with E-state index in [0.29, 0.717) is 13.1 Å². The van der Waals surface area contributed by atoms with Crippen molar-refractivity contribution in [2.75, 3.05) is 6.54 Å². The van der Waals surface area contributed by atoms with Crippen LogP contribution in [0.2, 0.25) is 0 Å². The first-order valence-electron chi connectivity index (χ1n) is 6.77. The Kier molecular flexibility index (Phi) is 6.03. The molecule has 0 aliphatic rings. The van der Waals surface area contributed by atoms with E-state index in [-0.39, 0.29) is 6.03 Å². The first-order valence-corrected chi connectivity index (χ1v) is 6.77. The molecule has 0 bridgehead atoms. The topological polar surface area (TPSA) is 69.6 Å². The highest BCUT2D eigenvalue weighted by atomic mass is 16.4. The number of nitrogens with zero attached hydrogens (tertiary/aromatic N) is 1. The number of hydrogen-bond donors (Lipinski definition) is 2. The highest BCUT2D eigenvalue weighted by molar-refractivity contribution is 5.76. The van der Waals surface area contributed by atoms with Crippen molar-refractivity contribution in [2.45, 2.75) is 33.4 Å². The fraction of sp³-hybridized carbons (Fsp3) is 0.467. The van der Waals surface area contributed by atoms with Crippen molar-refractivity contribution in [3.8, 4) is 0 Å². The fourth-order valence-corrected chi connectivity index (χ4v) is 1.76. The second-order valence-electron chi connectivity index (χ2n) is 4.86. The lowest BCUT2D eigenvalue weighted by Gasteiger charge is -2.25. The number of nitrogens with one attached hydrogen (secondary N) is 1. The van der Waals surface area contributed by atoms with E-state index in [9.17, 15) is 9.59 Å². The van der Waals surface area contributed by atoms with Gasteiger partial charge in [0, 0.05) is 19.1 Å². The second-order valence-corrected chi connectivity index (χ2v) is 4.86. The quantitative estimate of drug-likeness (QED) is 0.839. The number of hydrogen-bond acceptors (Lipinski definition) is 2. The van der Waals surface area contributed by atoms with E-state index in [0.717, 1.165) is 5.56 Å². The Morgan fingerprint density at radius 2 is 1.85 bits per heavy atom. The van der Waals surface area contributed by atoms with E-state index in [1.807, 2.05) is 37.3 Å². The number of carboxylic acids is 1. The van der Waals surface area contributed by atoms with Crippen molar-refractivity contribution in [2.24, 2.45) is 5.92 Å². The van der Waals surface area contributed by atoms with Crippen LogP contribution in [0.5, 0.6) is 0 Å². The van der Waals surface area contributed by atoms with Crippen LogP contribution in [0.3, 0.4) is 0 Å². The van der Waals surface area contributed by atoms with Crippen molar-refractivity contribution in [1.82, 2.24) is 10.2 Å². The molecular weight excluding hydrogens is 256 g/mol. The maximum atomic E-state index is 12.1. The third-order valence-corrected chi connectivity index (χ3v) is 3.38. The van der Waals surface area contributed by atoms with Gasteiger partial charge in [0.1, 0.15) is 0 Å². The molecule has 0 heterocycles. The molecule has 0 aliphatic heterocycles. The molecule has 0 aliphatic carbocycles. The molecule has 20 heavy (non-hydrogen) atoms. The van der Waals surface area contributed by atoms with Crippen molar-refractivity contribution in [3.05, 3.63) is 35.9 Å². The molecule has 0 aromatic heterocycles. The minimum atomic E-state index is -0.913. The van der Waals surface area contributed by atoms with Crippen molar-refractivity contribution in [3.63, 3.8) is 0 Å². The minimum absolute atomic E-state index is 0.239. The highest BCUT2D eigenvalue weighted by Crippen LogP contribution is 2.07. The van der Waals surface area contributed by atoms with Gasteiger partial charge in [-0.2, -0.15) is 0 Å². The SMILES string of the molecule is CCN(Cc1ccccc1)C(=O)NC(C)C(C)C(=O)O. The lowest BCUT2D eigenvalue weighted by atomic mass is 10.0. The summed E-state index contributed by atoms with van der Waals surface area (Å²) in [6.45, 7) is 6.26. The molecule has 5 nitrogen and oxygen atoms in total. The number of carboxylic acid groups (broad SMARTS) is 1. The van der Waals surface area contributed by atoms with Gasteiger partial charge in [0.25, 0.3) is 0 Å². The van der Waals surface area contributed by atoms with Gasteiger partial charge in [-0.1, -0.05) is 30.3 Å². The number of benzene rings is 1. The Morgan fingerprint density at radius 3 is 2.35 bits per heavy atom. The van der Waals surface area contributed by atoms with Gasteiger partial charge in [0.05, 0.1) is 5.92 Å². The number of amides is 2. The number of rotatable bonds is 6. The Morgan fingerprint density at radius 1 is 1.25 bits per heavy atom. The highest BCUT2D eigenvalue weighted by Gasteiger charge is 2.22. The van der Waals surface area contributed by atoms with Crippen LogP contribution in [-0.2, 0) is 11.3 Å². The van der Waals surface area contributed by atoms with Crippen LogP contribution in [0, 0.1) is 5.92 Å². The summed E-state index contributed by atoms with van der Waals surface area (Å²) in [6, 6.07) is 9.04.